The molecule has 0 saturated heterocycles. The van der Waals surface area contributed by atoms with Crippen molar-refractivity contribution in [1.82, 2.24) is 15.5 Å². The summed E-state index contributed by atoms with van der Waals surface area (Å²) in [6.45, 7) is 2.61. The number of carbonyl (C=O) groups is 1. The molecule has 14 heavy (non-hydrogen) atoms. The van der Waals surface area contributed by atoms with E-state index in [0.717, 1.165) is 12.8 Å². The number of rotatable bonds is 5. The van der Waals surface area contributed by atoms with Gasteiger partial charge in [0.05, 0.1) is 0 Å². The van der Waals surface area contributed by atoms with Gasteiger partial charge in [0.25, 0.3) is 5.91 Å². The third-order valence-corrected chi connectivity index (χ3v) is 1.87. The molecule has 0 radical (unpaired) electrons. The molecule has 0 aliphatic heterocycles. The standard InChI is InChI=1S/C9H16N4O/c1-7(10)3-2-5-11-9(14)8-4-6-12-13-8/h4,6-7H,2-3,5,10H2,1H3,(H,11,14)(H,12,13). The summed E-state index contributed by atoms with van der Waals surface area (Å²) >= 11 is 0. The number of nitrogens with one attached hydrogen (secondary N) is 2. The van der Waals surface area contributed by atoms with Gasteiger partial charge >= 0.3 is 0 Å². The summed E-state index contributed by atoms with van der Waals surface area (Å²) in [5.41, 5.74) is 6.07. The van der Waals surface area contributed by atoms with E-state index in [-0.39, 0.29) is 11.9 Å². The molecule has 0 aromatic carbocycles. The Labute approximate surface area is 83.1 Å². The van der Waals surface area contributed by atoms with Crippen molar-refractivity contribution in [3.8, 4) is 0 Å². The molecule has 0 aliphatic rings. The number of nitrogens with zero attached hydrogens (tertiary/aromatic N) is 1. The van der Waals surface area contributed by atoms with Crippen LogP contribution in [0, 0.1) is 0 Å². The summed E-state index contributed by atoms with van der Waals surface area (Å²) < 4.78 is 0. The first-order valence-electron chi connectivity index (χ1n) is 4.73. The topological polar surface area (TPSA) is 83.8 Å². The third kappa shape index (κ3) is 3.57. The number of H-pyrrole nitrogens is 1. The Bertz CT molecular complexity index is 268. The minimum absolute atomic E-state index is 0.118. The summed E-state index contributed by atoms with van der Waals surface area (Å²) in [7, 11) is 0. The number of aromatic amines is 1. The second kappa shape index (κ2) is 5.39. The van der Waals surface area contributed by atoms with Crippen molar-refractivity contribution in [2.45, 2.75) is 25.8 Å². The van der Waals surface area contributed by atoms with Crippen LogP contribution in [-0.4, -0.2) is 28.7 Å². The zero-order valence-electron chi connectivity index (χ0n) is 8.29. The number of amides is 1. The fraction of sp³-hybridized carbons (Fsp3) is 0.556. The molecule has 1 aromatic heterocycles. The predicted molar refractivity (Wildman–Crippen MR) is 53.8 cm³/mol. The van der Waals surface area contributed by atoms with Crippen molar-refractivity contribution in [3.63, 3.8) is 0 Å². The van der Waals surface area contributed by atoms with Crippen LogP contribution in [-0.2, 0) is 0 Å². The molecule has 1 atom stereocenters. The summed E-state index contributed by atoms with van der Waals surface area (Å²) in [4.78, 5) is 11.3. The summed E-state index contributed by atoms with van der Waals surface area (Å²) in [6.07, 6.45) is 3.37. The Morgan fingerprint density at radius 1 is 1.79 bits per heavy atom. The van der Waals surface area contributed by atoms with Crippen molar-refractivity contribution in [2.75, 3.05) is 6.54 Å². The highest BCUT2D eigenvalue weighted by molar-refractivity contribution is 5.91. The van der Waals surface area contributed by atoms with E-state index >= 15 is 0 Å². The normalized spacial score (nSPS) is 12.4. The maximum atomic E-state index is 11.3. The van der Waals surface area contributed by atoms with Crippen LogP contribution in [0.1, 0.15) is 30.3 Å². The SMILES string of the molecule is CC(N)CCCNC(=O)c1ccn[nH]1. The van der Waals surface area contributed by atoms with Crippen LogP contribution in [0.2, 0.25) is 0 Å². The Morgan fingerprint density at radius 2 is 2.57 bits per heavy atom. The molecular formula is C9H16N4O. The molecule has 5 heteroatoms. The highest BCUT2D eigenvalue weighted by Gasteiger charge is 2.04. The van der Waals surface area contributed by atoms with Gasteiger partial charge in [-0.2, -0.15) is 5.10 Å². The zero-order valence-corrected chi connectivity index (χ0v) is 8.29. The monoisotopic (exact) mass is 196 g/mol. The van der Waals surface area contributed by atoms with Crippen molar-refractivity contribution >= 4 is 5.91 Å². The van der Waals surface area contributed by atoms with Crippen LogP contribution in [0.15, 0.2) is 12.3 Å². The Morgan fingerprint density at radius 3 is 3.14 bits per heavy atom. The number of nitrogens with two attached hydrogens (primary N) is 1. The zero-order chi connectivity index (χ0) is 10.4. The first-order chi connectivity index (χ1) is 6.70. The maximum Gasteiger partial charge on any atom is 0.269 e. The molecule has 1 amide bonds. The molecule has 0 fully saturated rings. The van der Waals surface area contributed by atoms with E-state index in [0.29, 0.717) is 12.2 Å². The van der Waals surface area contributed by atoms with Crippen molar-refractivity contribution < 1.29 is 4.79 Å². The third-order valence-electron chi connectivity index (χ3n) is 1.87. The van der Waals surface area contributed by atoms with Crippen LogP contribution in [0.25, 0.3) is 0 Å². The molecule has 1 aromatic rings. The molecule has 1 unspecified atom stereocenters. The summed E-state index contributed by atoms with van der Waals surface area (Å²) in [5, 5.41) is 9.07. The van der Waals surface area contributed by atoms with Crippen LogP contribution < -0.4 is 11.1 Å². The molecule has 5 nitrogen and oxygen atoms in total. The molecule has 0 saturated carbocycles. The van der Waals surface area contributed by atoms with Gasteiger partial charge in [0.15, 0.2) is 0 Å². The second-order valence-electron chi connectivity index (χ2n) is 3.35. The van der Waals surface area contributed by atoms with Gasteiger partial charge in [-0.15, -0.1) is 0 Å². The smallest absolute Gasteiger partial charge is 0.269 e. The lowest BCUT2D eigenvalue weighted by Crippen LogP contribution is -2.26. The molecule has 0 spiro atoms. The first kappa shape index (κ1) is 10.7. The van der Waals surface area contributed by atoms with Crippen LogP contribution in [0.3, 0.4) is 0 Å². The number of carbonyl (C=O) groups excluding carboxylic acids is 1. The van der Waals surface area contributed by atoms with Gasteiger partial charge in [-0.25, -0.2) is 0 Å². The molecule has 78 valence electrons. The molecule has 1 heterocycles. The van der Waals surface area contributed by atoms with Crippen LogP contribution in [0.4, 0.5) is 0 Å². The minimum Gasteiger partial charge on any atom is -0.351 e. The quantitative estimate of drug-likeness (QED) is 0.591. The maximum absolute atomic E-state index is 11.3. The number of hydrogen-bond donors (Lipinski definition) is 3. The van der Waals surface area contributed by atoms with E-state index in [9.17, 15) is 4.79 Å². The fourth-order valence-electron chi connectivity index (χ4n) is 1.10. The number of aromatic nitrogens is 2. The van der Waals surface area contributed by atoms with Gasteiger partial charge in [0.1, 0.15) is 5.69 Å². The van der Waals surface area contributed by atoms with Gasteiger partial charge in [-0.05, 0) is 25.8 Å². The highest BCUT2D eigenvalue weighted by atomic mass is 16.1. The average Bonchev–Trinajstić information content (AvgIpc) is 2.64. The van der Waals surface area contributed by atoms with Gasteiger partial charge in [-0.1, -0.05) is 0 Å². The lowest BCUT2D eigenvalue weighted by Gasteiger charge is -2.05. The van der Waals surface area contributed by atoms with Gasteiger partial charge in [0, 0.05) is 18.8 Å². The van der Waals surface area contributed by atoms with Crippen molar-refractivity contribution in [1.29, 1.82) is 0 Å². The Balaban J connectivity index is 2.16. The van der Waals surface area contributed by atoms with Gasteiger partial charge in [0.2, 0.25) is 0 Å². The molecule has 1 rings (SSSR count). The predicted octanol–water partition coefficient (Wildman–Crippen LogP) is 0.267. The fourth-order valence-corrected chi connectivity index (χ4v) is 1.10. The van der Waals surface area contributed by atoms with E-state index < -0.39 is 0 Å². The molecular weight excluding hydrogens is 180 g/mol. The lowest BCUT2D eigenvalue weighted by molar-refractivity contribution is 0.0948. The van der Waals surface area contributed by atoms with Gasteiger partial charge < -0.3 is 11.1 Å². The molecule has 4 N–H and O–H groups in total. The van der Waals surface area contributed by atoms with E-state index in [1.165, 1.54) is 0 Å². The summed E-state index contributed by atoms with van der Waals surface area (Å²) in [5.74, 6) is -0.118. The molecule has 0 bridgehead atoms. The minimum atomic E-state index is -0.118. The summed E-state index contributed by atoms with van der Waals surface area (Å²) in [6, 6.07) is 1.83. The van der Waals surface area contributed by atoms with Gasteiger partial charge in [-0.3, -0.25) is 9.89 Å². The van der Waals surface area contributed by atoms with E-state index in [1.54, 1.807) is 12.3 Å². The first-order valence-corrected chi connectivity index (χ1v) is 4.73. The Kier molecular flexibility index (Phi) is 4.12. The van der Waals surface area contributed by atoms with Crippen LogP contribution in [0.5, 0.6) is 0 Å². The largest absolute Gasteiger partial charge is 0.351 e. The van der Waals surface area contributed by atoms with E-state index in [2.05, 4.69) is 15.5 Å². The second-order valence-corrected chi connectivity index (χ2v) is 3.35. The Hall–Kier alpha value is -1.36. The average molecular weight is 196 g/mol. The van der Waals surface area contributed by atoms with E-state index in [4.69, 9.17) is 5.73 Å². The highest BCUT2D eigenvalue weighted by Crippen LogP contribution is 1.93. The van der Waals surface area contributed by atoms with Crippen LogP contribution >= 0.6 is 0 Å². The number of hydrogen-bond acceptors (Lipinski definition) is 3. The van der Waals surface area contributed by atoms with Crippen molar-refractivity contribution in [2.24, 2.45) is 5.73 Å². The lowest BCUT2D eigenvalue weighted by atomic mass is 10.2. The van der Waals surface area contributed by atoms with E-state index in [1.807, 2.05) is 6.92 Å². The van der Waals surface area contributed by atoms with Crippen molar-refractivity contribution in [3.05, 3.63) is 18.0 Å². The molecule has 0 aliphatic carbocycles.